The molecule has 1 aliphatic carbocycles. The van der Waals surface area contributed by atoms with Gasteiger partial charge >= 0.3 is 0 Å². The lowest BCUT2D eigenvalue weighted by molar-refractivity contribution is 1.08. The van der Waals surface area contributed by atoms with Crippen LogP contribution in [0.25, 0.3) is 23.1 Å². The number of rotatable bonds is 0. The molecule has 0 spiro atoms. The van der Waals surface area contributed by atoms with Crippen LogP contribution in [0.5, 0.6) is 0 Å². The average Bonchev–Trinajstić information content (AvgIpc) is 2.78. The molecule has 1 aromatic carbocycles. The summed E-state index contributed by atoms with van der Waals surface area (Å²) in [5, 5.41) is 4.48. The van der Waals surface area contributed by atoms with Crippen molar-refractivity contribution >= 4 is 57.8 Å². The Morgan fingerprint density at radius 1 is 0.700 bits per heavy atom. The highest BCUT2D eigenvalue weighted by molar-refractivity contribution is 6.18. The number of hydrogen-bond donors (Lipinski definition) is 1. The van der Waals surface area contributed by atoms with Crippen LogP contribution in [-0.4, -0.2) is 27.4 Å². The van der Waals surface area contributed by atoms with E-state index in [1.807, 2.05) is 36.4 Å². The van der Waals surface area contributed by atoms with Gasteiger partial charge in [-0.3, -0.25) is 0 Å². The van der Waals surface area contributed by atoms with E-state index in [2.05, 4.69) is 41.8 Å². The molecule has 4 aliphatic rings. The van der Waals surface area contributed by atoms with Crippen molar-refractivity contribution in [3.05, 3.63) is 77.5 Å². The van der Waals surface area contributed by atoms with E-state index >= 15 is 0 Å². The second-order valence-corrected chi connectivity index (χ2v) is 7.54. The molecule has 8 bridgehead atoms. The third-order valence-electron chi connectivity index (χ3n) is 5.66. The molecule has 1 N–H and O–H groups in total. The van der Waals surface area contributed by atoms with Crippen LogP contribution in [0.1, 0.15) is 16.8 Å². The molecule has 0 fully saturated rings. The number of dihydropyridines is 1. The van der Waals surface area contributed by atoms with Crippen molar-refractivity contribution in [1.82, 2.24) is 9.97 Å². The fourth-order valence-electron chi connectivity index (χ4n) is 4.18. The monoisotopic (exact) mass is 386 g/mol. The van der Waals surface area contributed by atoms with Crippen molar-refractivity contribution in [2.75, 3.05) is 5.32 Å². The first kappa shape index (κ1) is 15.7. The topological polar surface area (TPSA) is 74.9 Å². The molecule has 0 saturated carbocycles. The average molecular weight is 386 g/mol. The molecule has 6 nitrogen and oxygen atoms in total. The Labute approximate surface area is 171 Å². The van der Waals surface area contributed by atoms with E-state index in [1.54, 1.807) is 0 Å². The molecule has 2 aromatic heterocycles. The highest BCUT2D eigenvalue weighted by atomic mass is 15.1. The number of aliphatic imine (C=N–C) groups is 3. The van der Waals surface area contributed by atoms with Crippen LogP contribution in [-0.2, 0) is 0 Å². The first-order valence-electron chi connectivity index (χ1n) is 9.83. The number of amidine groups is 2. The maximum Gasteiger partial charge on any atom is 0.155 e. The van der Waals surface area contributed by atoms with E-state index in [4.69, 9.17) is 24.9 Å². The minimum absolute atomic E-state index is 0.0891. The van der Waals surface area contributed by atoms with Crippen LogP contribution < -0.4 is 5.32 Å². The SMILES string of the molecule is C1=CC2C=Cc3ccc4nc3C2=NC1=Nc1ccc2ccc3c(c2n1)NC(=N4)C=C3. The van der Waals surface area contributed by atoms with E-state index in [0.717, 1.165) is 45.0 Å². The largest absolute Gasteiger partial charge is 0.338 e. The number of nitrogens with zero attached hydrogens (tertiary/aromatic N) is 5. The minimum atomic E-state index is 0.0891. The van der Waals surface area contributed by atoms with E-state index in [0.29, 0.717) is 17.5 Å². The van der Waals surface area contributed by atoms with Crippen molar-refractivity contribution in [3.63, 3.8) is 0 Å². The predicted molar refractivity (Wildman–Crippen MR) is 121 cm³/mol. The van der Waals surface area contributed by atoms with Crippen molar-refractivity contribution in [1.29, 1.82) is 0 Å². The van der Waals surface area contributed by atoms with Crippen LogP contribution in [0, 0.1) is 5.92 Å². The summed E-state index contributed by atoms with van der Waals surface area (Å²) in [5.41, 5.74) is 5.63. The van der Waals surface area contributed by atoms with Gasteiger partial charge in [-0.15, -0.1) is 0 Å². The normalized spacial score (nSPS) is 19.5. The lowest BCUT2D eigenvalue weighted by Crippen LogP contribution is -2.22. The number of aromatic nitrogens is 2. The molecule has 1 atom stereocenters. The van der Waals surface area contributed by atoms with Gasteiger partial charge in [0, 0.05) is 22.4 Å². The number of fused-ring (bicyclic) bond motifs is 4. The molecule has 0 amide bonds. The van der Waals surface area contributed by atoms with Gasteiger partial charge in [-0.05, 0) is 42.5 Å². The molecule has 6 heteroatoms. The summed E-state index contributed by atoms with van der Waals surface area (Å²) in [6, 6.07) is 12.1. The molecule has 0 saturated heterocycles. The van der Waals surface area contributed by atoms with Gasteiger partial charge in [0.1, 0.15) is 5.84 Å². The van der Waals surface area contributed by atoms with Crippen molar-refractivity contribution < 1.29 is 0 Å². The molecule has 7 rings (SSSR count). The van der Waals surface area contributed by atoms with Gasteiger partial charge in [0.15, 0.2) is 17.5 Å². The minimum Gasteiger partial charge on any atom is -0.338 e. The molecular weight excluding hydrogens is 372 g/mol. The number of anilines is 1. The molecule has 3 aliphatic heterocycles. The van der Waals surface area contributed by atoms with Gasteiger partial charge in [-0.2, -0.15) is 0 Å². The molecule has 1 unspecified atom stereocenters. The maximum atomic E-state index is 4.83. The van der Waals surface area contributed by atoms with Crippen LogP contribution >= 0.6 is 0 Å². The van der Waals surface area contributed by atoms with Crippen LogP contribution in [0.2, 0.25) is 0 Å². The first-order chi connectivity index (χ1) is 14.8. The molecular formula is C24H14N6. The van der Waals surface area contributed by atoms with Crippen molar-refractivity contribution in [2.45, 2.75) is 0 Å². The zero-order chi connectivity index (χ0) is 19.7. The second-order valence-electron chi connectivity index (χ2n) is 7.54. The third kappa shape index (κ3) is 2.27. The zero-order valence-electron chi connectivity index (χ0n) is 15.7. The van der Waals surface area contributed by atoms with Gasteiger partial charge in [-0.1, -0.05) is 30.4 Å². The summed E-state index contributed by atoms with van der Waals surface area (Å²) in [4.78, 5) is 24.0. The third-order valence-corrected chi connectivity index (χ3v) is 5.66. The molecule has 0 radical (unpaired) electrons. The van der Waals surface area contributed by atoms with E-state index in [9.17, 15) is 0 Å². The highest BCUT2D eigenvalue weighted by Crippen LogP contribution is 2.33. The summed E-state index contributed by atoms with van der Waals surface area (Å²) >= 11 is 0. The Morgan fingerprint density at radius 3 is 2.53 bits per heavy atom. The summed E-state index contributed by atoms with van der Waals surface area (Å²) < 4.78 is 0. The molecule has 5 heterocycles. The quantitative estimate of drug-likeness (QED) is 0.600. The van der Waals surface area contributed by atoms with Crippen LogP contribution in [0.4, 0.5) is 17.3 Å². The number of hydrogen-bond acceptors (Lipinski definition) is 6. The van der Waals surface area contributed by atoms with Crippen LogP contribution in [0.15, 0.2) is 75.7 Å². The first-order valence-corrected chi connectivity index (χ1v) is 9.83. The molecule has 140 valence electrons. The zero-order valence-corrected chi connectivity index (χ0v) is 15.7. The Kier molecular flexibility index (Phi) is 2.97. The Morgan fingerprint density at radius 2 is 1.53 bits per heavy atom. The molecule has 30 heavy (non-hydrogen) atoms. The fourth-order valence-corrected chi connectivity index (χ4v) is 4.18. The van der Waals surface area contributed by atoms with Gasteiger partial charge in [0.25, 0.3) is 0 Å². The standard InChI is InChI=1S/C24H14N6/c1-2-14-6-10-18-26-20-12-8-16-4-3-15-7-11-19(29-23(15)24(16)30-20)25-17-9-5-13(1)21(27-17)22(14)28-18/h1-13H,(H,26,28,30). The summed E-state index contributed by atoms with van der Waals surface area (Å²) in [7, 11) is 0. The van der Waals surface area contributed by atoms with Gasteiger partial charge in [0.2, 0.25) is 0 Å². The van der Waals surface area contributed by atoms with Crippen molar-refractivity contribution in [3.8, 4) is 0 Å². The number of pyridine rings is 2. The smallest absolute Gasteiger partial charge is 0.155 e. The summed E-state index contributed by atoms with van der Waals surface area (Å²) in [6.45, 7) is 0. The van der Waals surface area contributed by atoms with E-state index in [-0.39, 0.29) is 5.92 Å². The van der Waals surface area contributed by atoms with E-state index in [1.165, 1.54) is 0 Å². The highest BCUT2D eigenvalue weighted by Gasteiger charge is 2.25. The Bertz CT molecular complexity index is 1470. The summed E-state index contributed by atoms with van der Waals surface area (Å²) in [5.74, 6) is 2.70. The van der Waals surface area contributed by atoms with Gasteiger partial charge < -0.3 is 5.32 Å². The van der Waals surface area contributed by atoms with Gasteiger partial charge in [0.05, 0.1) is 22.6 Å². The number of allylic oxidation sites excluding steroid dienone is 2. The van der Waals surface area contributed by atoms with Gasteiger partial charge in [-0.25, -0.2) is 24.9 Å². The lowest BCUT2D eigenvalue weighted by Gasteiger charge is -2.22. The van der Waals surface area contributed by atoms with Crippen molar-refractivity contribution in [2.24, 2.45) is 20.9 Å². The molecule has 3 aromatic rings. The van der Waals surface area contributed by atoms with E-state index < -0.39 is 0 Å². The lowest BCUT2D eigenvalue weighted by atomic mass is 9.89. The number of benzene rings is 1. The Balaban J connectivity index is 1.56. The summed E-state index contributed by atoms with van der Waals surface area (Å²) in [6.07, 6.45) is 12.3. The Hall–Kier alpha value is -4.19. The fraction of sp³-hybridized carbons (Fsp3) is 0.0417. The van der Waals surface area contributed by atoms with Crippen LogP contribution in [0.3, 0.4) is 0 Å². The second kappa shape index (κ2) is 5.67. The number of nitrogens with one attached hydrogen (secondary N) is 1. The maximum absolute atomic E-state index is 4.83. The predicted octanol–water partition coefficient (Wildman–Crippen LogP) is 4.84.